The van der Waals surface area contributed by atoms with Gasteiger partial charge in [0, 0.05) is 65.0 Å². The number of nitrogens with one attached hydrogen (secondary N) is 2. The zero-order valence-electron chi connectivity index (χ0n) is 21.9. The van der Waals surface area contributed by atoms with Crippen molar-refractivity contribution in [2.45, 2.75) is 57.2 Å². The third-order valence-corrected chi connectivity index (χ3v) is 8.15. The molecule has 2 aromatic carbocycles. The minimum atomic E-state index is -0.848. The van der Waals surface area contributed by atoms with Crippen LogP contribution in [-0.2, 0) is 28.0 Å². The fourth-order valence-electron chi connectivity index (χ4n) is 6.24. The molecule has 1 atom stereocenters. The average molecular weight is 525 g/mol. The molecule has 1 unspecified atom stereocenters. The van der Waals surface area contributed by atoms with Crippen LogP contribution in [0.1, 0.15) is 49.7 Å². The van der Waals surface area contributed by atoms with Gasteiger partial charge in [-0.3, -0.25) is 19.7 Å². The summed E-state index contributed by atoms with van der Waals surface area (Å²) in [5.41, 5.74) is 3.96. The molecule has 2 aromatic heterocycles. The Balaban J connectivity index is 1.40. The zero-order valence-corrected chi connectivity index (χ0v) is 21.9. The number of rotatable bonds is 8. The van der Waals surface area contributed by atoms with Crippen LogP contribution in [0.2, 0.25) is 0 Å². The highest BCUT2D eigenvalue weighted by molar-refractivity contribution is 6.50. The number of aromatic nitrogens is 2. The van der Waals surface area contributed by atoms with E-state index in [2.05, 4.69) is 10.6 Å². The first-order chi connectivity index (χ1) is 18.9. The molecular formula is C31H32N4O4. The molecule has 3 N–H and O–H groups in total. The van der Waals surface area contributed by atoms with Crippen LogP contribution in [0.25, 0.3) is 33.0 Å². The van der Waals surface area contributed by atoms with Gasteiger partial charge in [0.2, 0.25) is 0 Å². The molecule has 4 aromatic rings. The number of carboxylic acid groups (broad SMARTS) is 1. The summed E-state index contributed by atoms with van der Waals surface area (Å²) in [6.45, 7) is 0.462. The molecular weight excluding hydrogens is 492 g/mol. The number of hydrogen-bond donors (Lipinski definition) is 3. The van der Waals surface area contributed by atoms with Gasteiger partial charge in [0.05, 0.1) is 11.1 Å². The summed E-state index contributed by atoms with van der Waals surface area (Å²) < 4.78 is 3.97. The van der Waals surface area contributed by atoms with Gasteiger partial charge in [-0.2, -0.15) is 0 Å². The maximum absolute atomic E-state index is 13.2. The number of amides is 2. The van der Waals surface area contributed by atoms with Crippen molar-refractivity contribution in [2.75, 3.05) is 0 Å². The van der Waals surface area contributed by atoms with Gasteiger partial charge in [0.25, 0.3) is 11.8 Å². The van der Waals surface area contributed by atoms with Crippen LogP contribution in [0.15, 0.2) is 60.9 Å². The molecule has 39 heavy (non-hydrogen) atoms. The average Bonchev–Trinajstić information content (AvgIpc) is 3.57. The van der Waals surface area contributed by atoms with E-state index in [1.807, 2.05) is 77.1 Å². The maximum atomic E-state index is 13.2. The summed E-state index contributed by atoms with van der Waals surface area (Å²) in [4.78, 5) is 38.5. The topological polar surface area (TPSA) is 105 Å². The summed E-state index contributed by atoms with van der Waals surface area (Å²) in [6.07, 6.45) is 9.68. The Hall–Kier alpha value is -4.17. The minimum Gasteiger partial charge on any atom is -0.480 e. The molecule has 0 bridgehead atoms. The summed E-state index contributed by atoms with van der Waals surface area (Å²) in [5, 5.41) is 17.5. The third kappa shape index (κ3) is 4.55. The van der Waals surface area contributed by atoms with E-state index in [1.54, 1.807) is 0 Å². The number of aryl methyl sites for hydroxylation is 2. The number of carbonyl (C=O) groups excluding carboxylic acids is 2. The number of aliphatic carboxylic acids is 1. The number of imide groups is 1. The van der Waals surface area contributed by atoms with E-state index in [0.29, 0.717) is 35.2 Å². The monoisotopic (exact) mass is 524 g/mol. The van der Waals surface area contributed by atoms with Gasteiger partial charge < -0.3 is 19.6 Å². The smallest absolute Gasteiger partial charge is 0.320 e. The largest absolute Gasteiger partial charge is 0.480 e. The van der Waals surface area contributed by atoms with Gasteiger partial charge in [-0.05, 0) is 31.4 Å². The number of hydrogen-bond acceptors (Lipinski definition) is 4. The lowest BCUT2D eigenvalue weighted by Crippen LogP contribution is -2.44. The Kier molecular flexibility index (Phi) is 6.56. The van der Waals surface area contributed by atoms with E-state index in [4.69, 9.17) is 0 Å². The number of benzene rings is 2. The lowest BCUT2D eigenvalue weighted by Gasteiger charge is -2.26. The van der Waals surface area contributed by atoms with Gasteiger partial charge in [0.1, 0.15) is 6.04 Å². The van der Waals surface area contributed by atoms with Gasteiger partial charge in [0.15, 0.2) is 0 Å². The van der Waals surface area contributed by atoms with Crippen molar-refractivity contribution in [3.05, 3.63) is 72.1 Å². The molecule has 0 radical (unpaired) electrons. The Morgan fingerprint density at radius 3 is 2.18 bits per heavy atom. The molecule has 2 amide bonds. The molecule has 3 heterocycles. The van der Waals surface area contributed by atoms with Crippen LogP contribution in [-0.4, -0.2) is 44.1 Å². The number of carboxylic acids is 1. The lowest BCUT2D eigenvalue weighted by molar-refractivity contribution is -0.140. The Morgan fingerprint density at radius 1 is 0.923 bits per heavy atom. The number of nitrogens with zero attached hydrogens (tertiary/aromatic N) is 2. The molecule has 1 aliphatic heterocycles. The second-order valence-electron chi connectivity index (χ2n) is 10.6. The van der Waals surface area contributed by atoms with Crippen molar-refractivity contribution < 1.29 is 19.5 Å². The Labute approximate surface area is 226 Å². The molecule has 200 valence electrons. The highest BCUT2D eigenvalue weighted by Crippen LogP contribution is 2.38. The molecule has 2 aliphatic rings. The molecule has 1 saturated carbocycles. The highest BCUT2D eigenvalue weighted by atomic mass is 16.4. The quantitative estimate of drug-likeness (QED) is 0.295. The Morgan fingerprint density at radius 2 is 1.51 bits per heavy atom. The minimum absolute atomic E-state index is 0.235. The fourth-order valence-corrected chi connectivity index (χ4v) is 6.24. The Bertz CT molecular complexity index is 1640. The van der Waals surface area contributed by atoms with Crippen LogP contribution in [0.5, 0.6) is 0 Å². The maximum Gasteiger partial charge on any atom is 0.320 e. The third-order valence-electron chi connectivity index (χ3n) is 8.15. The van der Waals surface area contributed by atoms with Crippen LogP contribution in [0.4, 0.5) is 0 Å². The van der Waals surface area contributed by atoms with E-state index in [-0.39, 0.29) is 6.04 Å². The number of para-hydroxylation sites is 2. The number of fused-ring (bicyclic) bond motifs is 2. The van der Waals surface area contributed by atoms with Crippen LogP contribution in [0.3, 0.4) is 0 Å². The van der Waals surface area contributed by atoms with Crippen LogP contribution >= 0.6 is 0 Å². The summed E-state index contributed by atoms with van der Waals surface area (Å²) in [6, 6.07) is 15.1. The predicted octanol–water partition coefficient (Wildman–Crippen LogP) is 4.47. The van der Waals surface area contributed by atoms with Gasteiger partial charge in [-0.25, -0.2) is 0 Å². The first-order valence-electron chi connectivity index (χ1n) is 13.6. The normalized spacial score (nSPS) is 17.4. The van der Waals surface area contributed by atoms with Crippen molar-refractivity contribution >= 4 is 50.7 Å². The van der Waals surface area contributed by atoms with E-state index >= 15 is 0 Å². The predicted molar refractivity (Wildman–Crippen MR) is 151 cm³/mol. The zero-order chi connectivity index (χ0) is 27.1. The van der Waals surface area contributed by atoms with E-state index in [9.17, 15) is 19.5 Å². The highest BCUT2D eigenvalue weighted by Gasteiger charge is 2.35. The van der Waals surface area contributed by atoms with Crippen LogP contribution < -0.4 is 10.6 Å². The molecule has 6 rings (SSSR count). The van der Waals surface area contributed by atoms with Gasteiger partial charge >= 0.3 is 5.97 Å². The van der Waals surface area contributed by atoms with Gasteiger partial charge in [-0.1, -0.05) is 55.7 Å². The van der Waals surface area contributed by atoms with E-state index < -0.39 is 23.8 Å². The second kappa shape index (κ2) is 10.2. The lowest BCUT2D eigenvalue weighted by atomic mass is 9.94. The first kappa shape index (κ1) is 25.1. The molecule has 0 saturated heterocycles. The van der Waals surface area contributed by atoms with Crippen molar-refractivity contribution in [3.8, 4) is 0 Å². The first-order valence-corrected chi connectivity index (χ1v) is 13.6. The molecule has 8 nitrogen and oxygen atoms in total. The van der Waals surface area contributed by atoms with Crippen molar-refractivity contribution in [3.63, 3.8) is 0 Å². The molecule has 8 heteroatoms. The van der Waals surface area contributed by atoms with Crippen molar-refractivity contribution in [2.24, 2.45) is 7.05 Å². The van der Waals surface area contributed by atoms with E-state index in [1.165, 1.54) is 6.42 Å². The molecule has 0 spiro atoms. The standard InChI is InChI=1S/C31H32N4O4/c1-34-17-22(20-11-5-7-13-25(20)34)27-28(30(37)33-29(27)36)23-18-35(26-14-8-6-12-21(23)26)16-15-24(31(38)39)32-19-9-3-2-4-10-19/h5-8,11-14,17-19,24,32H,2-4,9-10,15-16H2,1H3,(H,38,39)(H,33,36,37). The van der Waals surface area contributed by atoms with Crippen LogP contribution in [0, 0.1) is 0 Å². The van der Waals surface area contributed by atoms with E-state index in [0.717, 1.165) is 47.5 Å². The van der Waals surface area contributed by atoms with Crippen molar-refractivity contribution in [1.29, 1.82) is 0 Å². The summed E-state index contributed by atoms with van der Waals surface area (Å²) in [5.74, 6) is -1.68. The summed E-state index contributed by atoms with van der Waals surface area (Å²) >= 11 is 0. The van der Waals surface area contributed by atoms with Gasteiger partial charge in [-0.15, -0.1) is 0 Å². The molecule has 1 aliphatic carbocycles. The second-order valence-corrected chi connectivity index (χ2v) is 10.6. The summed E-state index contributed by atoms with van der Waals surface area (Å²) in [7, 11) is 1.92. The fraction of sp³-hybridized carbons (Fsp3) is 0.323. The number of carbonyl (C=O) groups is 3. The molecule has 1 fully saturated rings. The SMILES string of the molecule is Cn1cc(C2=C(c3cn(CCC(NC4CCCCC4)C(=O)O)c4ccccc34)C(=O)NC2=O)c2ccccc21. The van der Waals surface area contributed by atoms with Crippen molar-refractivity contribution in [1.82, 2.24) is 19.8 Å².